The molecular weight excluding hydrogens is 294 g/mol. The molecule has 1 aromatic carbocycles. The molecule has 1 saturated carbocycles. The number of ether oxygens (including phenoxy) is 2. The Bertz CT molecular complexity index is 540. The molecule has 0 saturated heterocycles. The summed E-state index contributed by atoms with van der Waals surface area (Å²) in [4.78, 5) is 12.0. The molecule has 0 heterocycles. The van der Waals surface area contributed by atoms with E-state index in [4.69, 9.17) is 15.3 Å². The van der Waals surface area contributed by atoms with Crippen LogP contribution in [-0.4, -0.2) is 31.4 Å². The number of hydrogen-bond donors (Lipinski definition) is 2. The van der Waals surface area contributed by atoms with Crippen LogP contribution in [0.5, 0.6) is 11.5 Å². The molecule has 0 spiro atoms. The normalized spacial score (nSPS) is 15.5. The van der Waals surface area contributed by atoms with E-state index >= 15 is 0 Å². The standard InChI is InChI=1S/C17H25N3O3/c1-2-22-16-10-13(11-19-18)8-9-15(16)23-12-17(21)20-14-6-4-3-5-7-14/h8-11,14H,2-7,12,18H2,1H3,(H,20,21). The van der Waals surface area contributed by atoms with E-state index in [0.29, 0.717) is 18.1 Å². The summed E-state index contributed by atoms with van der Waals surface area (Å²) < 4.78 is 11.2. The van der Waals surface area contributed by atoms with Gasteiger partial charge in [-0.1, -0.05) is 19.3 Å². The van der Waals surface area contributed by atoms with Crippen LogP contribution >= 0.6 is 0 Å². The molecule has 1 aliphatic rings. The van der Waals surface area contributed by atoms with Gasteiger partial charge in [-0.25, -0.2) is 0 Å². The van der Waals surface area contributed by atoms with E-state index in [9.17, 15) is 4.79 Å². The van der Waals surface area contributed by atoms with E-state index in [-0.39, 0.29) is 18.6 Å². The number of hydrogen-bond acceptors (Lipinski definition) is 5. The Morgan fingerprint density at radius 2 is 2.09 bits per heavy atom. The topological polar surface area (TPSA) is 85.9 Å². The first-order chi connectivity index (χ1) is 11.2. The summed E-state index contributed by atoms with van der Waals surface area (Å²) in [6.07, 6.45) is 7.28. The third kappa shape index (κ3) is 5.47. The molecule has 0 aliphatic heterocycles. The van der Waals surface area contributed by atoms with Crippen molar-refractivity contribution in [2.24, 2.45) is 10.9 Å². The minimum Gasteiger partial charge on any atom is -0.490 e. The average molecular weight is 319 g/mol. The lowest BCUT2D eigenvalue weighted by atomic mass is 9.95. The first-order valence-electron chi connectivity index (χ1n) is 8.15. The van der Waals surface area contributed by atoms with Gasteiger partial charge in [-0.15, -0.1) is 0 Å². The van der Waals surface area contributed by atoms with E-state index in [1.807, 2.05) is 13.0 Å². The summed E-state index contributed by atoms with van der Waals surface area (Å²) in [6, 6.07) is 5.64. The van der Waals surface area contributed by atoms with Gasteiger partial charge < -0.3 is 20.6 Å². The predicted octanol–water partition coefficient (Wildman–Crippen LogP) is 2.21. The van der Waals surface area contributed by atoms with Gasteiger partial charge in [0.25, 0.3) is 5.91 Å². The molecule has 0 unspecified atom stereocenters. The summed E-state index contributed by atoms with van der Waals surface area (Å²) in [5, 5.41) is 6.52. The molecule has 126 valence electrons. The average Bonchev–Trinajstić information content (AvgIpc) is 2.56. The molecule has 0 bridgehead atoms. The van der Waals surface area contributed by atoms with Gasteiger partial charge in [-0.2, -0.15) is 5.10 Å². The second kappa shape index (κ2) is 9.02. The molecule has 2 rings (SSSR count). The van der Waals surface area contributed by atoms with Crippen molar-refractivity contribution in [1.82, 2.24) is 5.32 Å². The third-order valence-corrected chi connectivity index (χ3v) is 3.82. The van der Waals surface area contributed by atoms with Crippen molar-refractivity contribution in [3.05, 3.63) is 23.8 Å². The van der Waals surface area contributed by atoms with Gasteiger partial charge in [0, 0.05) is 6.04 Å². The Morgan fingerprint density at radius 1 is 1.30 bits per heavy atom. The van der Waals surface area contributed by atoms with Crippen molar-refractivity contribution < 1.29 is 14.3 Å². The number of benzene rings is 1. The van der Waals surface area contributed by atoms with Crippen LogP contribution in [0, 0.1) is 0 Å². The minimum absolute atomic E-state index is 0.0130. The number of nitrogens with zero attached hydrogens (tertiary/aromatic N) is 1. The van der Waals surface area contributed by atoms with Crippen LogP contribution in [0.4, 0.5) is 0 Å². The monoisotopic (exact) mass is 319 g/mol. The maximum absolute atomic E-state index is 12.0. The molecule has 3 N–H and O–H groups in total. The number of carbonyl (C=O) groups is 1. The van der Waals surface area contributed by atoms with Gasteiger partial charge in [0.2, 0.25) is 0 Å². The Labute approximate surface area is 137 Å². The Morgan fingerprint density at radius 3 is 2.78 bits per heavy atom. The van der Waals surface area contributed by atoms with E-state index in [0.717, 1.165) is 18.4 Å². The van der Waals surface area contributed by atoms with E-state index in [1.165, 1.54) is 25.5 Å². The van der Waals surface area contributed by atoms with Crippen LogP contribution < -0.4 is 20.6 Å². The van der Waals surface area contributed by atoms with Gasteiger partial charge in [0.15, 0.2) is 18.1 Å². The lowest BCUT2D eigenvalue weighted by Crippen LogP contribution is -2.39. The van der Waals surface area contributed by atoms with E-state index in [2.05, 4.69) is 10.4 Å². The minimum atomic E-state index is -0.0908. The fourth-order valence-electron chi connectivity index (χ4n) is 2.74. The molecule has 1 aromatic rings. The number of nitrogens with two attached hydrogens (primary N) is 1. The number of nitrogens with one attached hydrogen (secondary N) is 1. The van der Waals surface area contributed by atoms with Crippen LogP contribution in [0.25, 0.3) is 0 Å². The van der Waals surface area contributed by atoms with Crippen molar-refractivity contribution in [1.29, 1.82) is 0 Å². The molecule has 23 heavy (non-hydrogen) atoms. The summed E-state index contributed by atoms with van der Waals surface area (Å²) in [6.45, 7) is 2.39. The molecule has 6 nitrogen and oxygen atoms in total. The molecule has 1 aliphatic carbocycles. The van der Waals surface area contributed by atoms with Gasteiger partial charge in [0.05, 0.1) is 12.8 Å². The lowest BCUT2D eigenvalue weighted by Gasteiger charge is -2.22. The smallest absolute Gasteiger partial charge is 0.258 e. The Hall–Kier alpha value is -2.24. The molecule has 0 aromatic heterocycles. The molecule has 1 amide bonds. The zero-order valence-electron chi connectivity index (χ0n) is 13.6. The van der Waals surface area contributed by atoms with Crippen molar-refractivity contribution in [3.8, 4) is 11.5 Å². The zero-order valence-corrected chi connectivity index (χ0v) is 13.6. The molecular formula is C17H25N3O3. The first kappa shape index (κ1) is 17.1. The summed E-state index contributed by atoms with van der Waals surface area (Å²) >= 11 is 0. The Balaban J connectivity index is 1.91. The second-order valence-corrected chi connectivity index (χ2v) is 5.61. The van der Waals surface area contributed by atoms with Crippen molar-refractivity contribution >= 4 is 12.1 Å². The Kier molecular flexibility index (Phi) is 6.72. The van der Waals surface area contributed by atoms with Crippen LogP contribution in [0.2, 0.25) is 0 Å². The SMILES string of the molecule is CCOc1cc(C=NN)ccc1OCC(=O)NC1CCCCC1. The van der Waals surface area contributed by atoms with Gasteiger partial charge >= 0.3 is 0 Å². The number of carbonyl (C=O) groups excluding carboxylic acids is 1. The largest absolute Gasteiger partial charge is 0.490 e. The predicted molar refractivity (Wildman–Crippen MR) is 89.9 cm³/mol. The van der Waals surface area contributed by atoms with Crippen molar-refractivity contribution in [2.45, 2.75) is 45.1 Å². The third-order valence-electron chi connectivity index (χ3n) is 3.82. The van der Waals surface area contributed by atoms with Crippen molar-refractivity contribution in [3.63, 3.8) is 0 Å². The highest BCUT2D eigenvalue weighted by Gasteiger charge is 2.16. The highest BCUT2D eigenvalue weighted by molar-refractivity contribution is 5.81. The van der Waals surface area contributed by atoms with Crippen LogP contribution in [0.3, 0.4) is 0 Å². The fraction of sp³-hybridized carbons (Fsp3) is 0.529. The number of rotatable bonds is 7. The number of hydrazone groups is 1. The lowest BCUT2D eigenvalue weighted by molar-refractivity contribution is -0.124. The summed E-state index contributed by atoms with van der Waals surface area (Å²) in [7, 11) is 0. The molecule has 0 radical (unpaired) electrons. The van der Waals surface area contributed by atoms with E-state index < -0.39 is 0 Å². The summed E-state index contributed by atoms with van der Waals surface area (Å²) in [5.41, 5.74) is 0.815. The highest BCUT2D eigenvalue weighted by atomic mass is 16.5. The molecule has 6 heteroatoms. The van der Waals surface area contributed by atoms with Gasteiger partial charge in [-0.05, 0) is 43.5 Å². The fourth-order valence-corrected chi connectivity index (χ4v) is 2.74. The van der Waals surface area contributed by atoms with Crippen LogP contribution in [0.15, 0.2) is 23.3 Å². The molecule has 1 fully saturated rings. The van der Waals surface area contributed by atoms with Crippen LogP contribution in [0.1, 0.15) is 44.6 Å². The quantitative estimate of drug-likeness (QED) is 0.458. The first-order valence-corrected chi connectivity index (χ1v) is 8.15. The summed E-state index contributed by atoms with van der Waals surface area (Å²) in [5.74, 6) is 6.18. The van der Waals surface area contributed by atoms with E-state index in [1.54, 1.807) is 12.1 Å². The van der Waals surface area contributed by atoms with Gasteiger partial charge in [0.1, 0.15) is 0 Å². The maximum Gasteiger partial charge on any atom is 0.258 e. The van der Waals surface area contributed by atoms with Gasteiger partial charge in [-0.3, -0.25) is 4.79 Å². The second-order valence-electron chi connectivity index (χ2n) is 5.61. The zero-order chi connectivity index (χ0) is 16.5. The maximum atomic E-state index is 12.0. The van der Waals surface area contributed by atoms with Crippen LogP contribution in [-0.2, 0) is 4.79 Å². The number of amides is 1. The van der Waals surface area contributed by atoms with Crippen molar-refractivity contribution in [2.75, 3.05) is 13.2 Å². The highest BCUT2D eigenvalue weighted by Crippen LogP contribution is 2.28. The molecule has 0 atom stereocenters.